The number of benzene rings is 1. The average Bonchev–Trinajstić information content (AvgIpc) is 2.92. The molecule has 0 aliphatic carbocycles. The maximum absolute atomic E-state index is 12.7. The van der Waals surface area contributed by atoms with Gasteiger partial charge in [0.05, 0.1) is 16.8 Å². The molecular weight excluding hydrogens is 340 g/mol. The van der Waals surface area contributed by atoms with Gasteiger partial charge in [0.2, 0.25) is 15.9 Å². The molecule has 0 fully saturated rings. The smallest absolute Gasteiger partial charge is 0.242 e. The van der Waals surface area contributed by atoms with Crippen molar-refractivity contribution in [3.63, 3.8) is 0 Å². The van der Waals surface area contributed by atoms with Gasteiger partial charge in [-0.2, -0.15) is 9.82 Å². The first-order chi connectivity index (χ1) is 11.6. The lowest BCUT2D eigenvalue weighted by Gasteiger charge is -2.21. The monoisotopic (exact) mass is 364 g/mol. The average molecular weight is 364 g/mol. The number of rotatable bonds is 6. The Morgan fingerprint density at radius 3 is 2.40 bits per heavy atom. The summed E-state index contributed by atoms with van der Waals surface area (Å²) >= 11 is 0. The van der Waals surface area contributed by atoms with Crippen molar-refractivity contribution >= 4 is 21.6 Å². The molecule has 1 atom stereocenters. The van der Waals surface area contributed by atoms with E-state index in [1.54, 1.807) is 50.0 Å². The summed E-state index contributed by atoms with van der Waals surface area (Å²) in [6.45, 7) is 7.34. The molecule has 8 heteroatoms. The minimum Gasteiger partial charge on any atom is -0.322 e. The first-order valence-corrected chi connectivity index (χ1v) is 9.47. The lowest BCUT2D eigenvalue weighted by Crippen LogP contribution is -2.47. The van der Waals surface area contributed by atoms with E-state index in [1.165, 1.54) is 6.20 Å². The molecule has 1 heterocycles. The Morgan fingerprint density at radius 2 is 1.88 bits per heavy atom. The largest absolute Gasteiger partial charge is 0.322 e. The number of carbonyl (C=O) groups is 1. The summed E-state index contributed by atoms with van der Waals surface area (Å²) in [5, 5.41) is 6.67. The maximum Gasteiger partial charge on any atom is 0.242 e. The second-order valence-electron chi connectivity index (χ2n) is 6.48. The van der Waals surface area contributed by atoms with Gasteiger partial charge in [-0.3, -0.25) is 9.48 Å². The fourth-order valence-corrected chi connectivity index (χ4v) is 3.74. The summed E-state index contributed by atoms with van der Waals surface area (Å²) in [5.74, 6) is -0.645. The molecule has 0 unspecified atom stereocenters. The molecular formula is C17H24N4O3S. The van der Waals surface area contributed by atoms with E-state index in [4.69, 9.17) is 0 Å². The van der Waals surface area contributed by atoms with Crippen molar-refractivity contribution in [2.24, 2.45) is 13.0 Å². The molecule has 0 bridgehead atoms. The fourth-order valence-electron chi connectivity index (χ4n) is 2.31. The van der Waals surface area contributed by atoms with Crippen molar-refractivity contribution in [3.05, 3.63) is 41.7 Å². The van der Waals surface area contributed by atoms with Gasteiger partial charge in [0.1, 0.15) is 6.04 Å². The summed E-state index contributed by atoms with van der Waals surface area (Å²) in [6.07, 6.45) is 3.15. The summed E-state index contributed by atoms with van der Waals surface area (Å²) in [6, 6.07) is 4.01. The number of anilines is 1. The Labute approximate surface area is 148 Å². The molecule has 0 aliphatic rings. The number of nitrogens with zero attached hydrogens (tertiary/aromatic N) is 2. The molecule has 2 rings (SSSR count). The second kappa shape index (κ2) is 7.37. The van der Waals surface area contributed by atoms with Crippen LogP contribution in [0, 0.1) is 19.8 Å². The molecule has 0 saturated heterocycles. The van der Waals surface area contributed by atoms with E-state index in [2.05, 4.69) is 15.1 Å². The highest BCUT2D eigenvalue weighted by molar-refractivity contribution is 7.89. The Balaban J connectivity index is 2.22. The highest BCUT2D eigenvalue weighted by Gasteiger charge is 2.28. The van der Waals surface area contributed by atoms with E-state index in [0.717, 1.165) is 11.1 Å². The molecule has 7 nitrogen and oxygen atoms in total. The van der Waals surface area contributed by atoms with Crippen LogP contribution in [0.2, 0.25) is 0 Å². The van der Waals surface area contributed by atoms with Gasteiger partial charge < -0.3 is 5.32 Å². The van der Waals surface area contributed by atoms with E-state index in [-0.39, 0.29) is 10.8 Å². The van der Waals surface area contributed by atoms with Gasteiger partial charge in [-0.05, 0) is 43.0 Å². The zero-order chi connectivity index (χ0) is 18.8. The quantitative estimate of drug-likeness (QED) is 0.820. The van der Waals surface area contributed by atoms with Gasteiger partial charge in [-0.25, -0.2) is 8.42 Å². The number of amides is 1. The zero-order valence-corrected chi connectivity index (χ0v) is 15.9. The molecule has 1 aromatic carbocycles. The molecule has 1 amide bonds. The first kappa shape index (κ1) is 19.1. The second-order valence-corrected chi connectivity index (χ2v) is 8.19. The summed E-state index contributed by atoms with van der Waals surface area (Å²) in [5.41, 5.74) is 2.40. The van der Waals surface area contributed by atoms with Crippen molar-refractivity contribution < 1.29 is 13.2 Å². The van der Waals surface area contributed by atoms with E-state index >= 15 is 0 Å². The van der Waals surface area contributed by atoms with E-state index in [9.17, 15) is 13.2 Å². The number of nitrogens with one attached hydrogen (secondary N) is 2. The summed E-state index contributed by atoms with van der Waals surface area (Å²) < 4.78 is 29.4. The summed E-state index contributed by atoms with van der Waals surface area (Å²) in [4.78, 5) is 12.7. The first-order valence-electron chi connectivity index (χ1n) is 7.99. The normalized spacial score (nSPS) is 13.0. The Morgan fingerprint density at radius 1 is 1.20 bits per heavy atom. The molecule has 0 radical (unpaired) electrons. The molecule has 2 N–H and O–H groups in total. The van der Waals surface area contributed by atoms with Gasteiger partial charge in [-0.1, -0.05) is 19.9 Å². The maximum atomic E-state index is 12.7. The molecule has 136 valence electrons. The van der Waals surface area contributed by atoms with Crippen molar-refractivity contribution in [1.29, 1.82) is 0 Å². The number of hydrogen-bond donors (Lipinski definition) is 2. The van der Waals surface area contributed by atoms with Crippen molar-refractivity contribution in [3.8, 4) is 0 Å². The minimum atomic E-state index is -3.81. The van der Waals surface area contributed by atoms with Crippen LogP contribution in [0.4, 0.5) is 5.69 Å². The van der Waals surface area contributed by atoms with Crippen LogP contribution in [0.5, 0.6) is 0 Å². The van der Waals surface area contributed by atoms with E-state index in [1.807, 2.05) is 13.8 Å². The molecule has 1 aromatic heterocycles. The highest BCUT2D eigenvalue weighted by Crippen LogP contribution is 2.17. The minimum absolute atomic E-state index is 0.149. The van der Waals surface area contributed by atoms with Crippen LogP contribution < -0.4 is 10.0 Å². The van der Waals surface area contributed by atoms with Crippen LogP contribution in [0.1, 0.15) is 25.0 Å². The predicted octanol–water partition coefficient (Wildman–Crippen LogP) is 1.98. The van der Waals surface area contributed by atoms with Crippen molar-refractivity contribution in [2.75, 3.05) is 5.32 Å². The van der Waals surface area contributed by atoms with Crippen molar-refractivity contribution in [1.82, 2.24) is 14.5 Å². The third-order valence-electron chi connectivity index (χ3n) is 3.99. The van der Waals surface area contributed by atoms with Gasteiger partial charge in [-0.15, -0.1) is 0 Å². The standard InChI is InChI=1S/C17H24N4O3S/c1-11(2)16(17(22)19-14-9-18-21(5)10-14)20-25(23,24)15-7-6-12(3)13(4)8-15/h6-11,16,20H,1-5H3,(H,19,22)/t16-/m0/s1. The van der Waals surface area contributed by atoms with Crippen LogP contribution in [0.25, 0.3) is 0 Å². The van der Waals surface area contributed by atoms with Crippen LogP contribution in [-0.2, 0) is 21.9 Å². The number of aryl methyl sites for hydroxylation is 3. The zero-order valence-electron chi connectivity index (χ0n) is 15.1. The summed E-state index contributed by atoms with van der Waals surface area (Å²) in [7, 11) is -2.07. The molecule has 25 heavy (non-hydrogen) atoms. The van der Waals surface area contributed by atoms with Crippen molar-refractivity contribution in [2.45, 2.75) is 38.6 Å². The number of carbonyl (C=O) groups excluding carboxylic acids is 1. The van der Waals surface area contributed by atoms with E-state index < -0.39 is 22.0 Å². The lowest BCUT2D eigenvalue weighted by atomic mass is 10.1. The Bertz CT molecular complexity index is 872. The molecule has 0 saturated carbocycles. The van der Waals surface area contributed by atoms with Crippen LogP contribution in [-0.4, -0.2) is 30.1 Å². The topological polar surface area (TPSA) is 93.1 Å². The fraction of sp³-hybridized carbons (Fsp3) is 0.412. The van der Waals surface area contributed by atoms with Crippen LogP contribution >= 0.6 is 0 Å². The third kappa shape index (κ3) is 4.67. The van der Waals surface area contributed by atoms with Gasteiger partial charge >= 0.3 is 0 Å². The molecule has 0 aliphatic heterocycles. The highest BCUT2D eigenvalue weighted by atomic mass is 32.2. The third-order valence-corrected chi connectivity index (χ3v) is 5.43. The molecule has 0 spiro atoms. The van der Waals surface area contributed by atoms with Gasteiger partial charge in [0.25, 0.3) is 0 Å². The Kier molecular flexibility index (Phi) is 5.64. The number of aromatic nitrogens is 2. The van der Waals surface area contributed by atoms with Gasteiger partial charge in [0, 0.05) is 13.2 Å². The van der Waals surface area contributed by atoms with Crippen LogP contribution in [0.3, 0.4) is 0 Å². The van der Waals surface area contributed by atoms with E-state index in [0.29, 0.717) is 5.69 Å². The van der Waals surface area contributed by atoms with Gasteiger partial charge in [0.15, 0.2) is 0 Å². The van der Waals surface area contributed by atoms with Crippen LogP contribution in [0.15, 0.2) is 35.5 Å². The lowest BCUT2D eigenvalue weighted by molar-refractivity contribution is -0.118. The number of sulfonamides is 1. The SMILES string of the molecule is Cc1ccc(S(=O)(=O)N[C@H](C(=O)Nc2cnn(C)c2)C(C)C)cc1C. The molecule has 2 aromatic rings. The number of hydrogen-bond acceptors (Lipinski definition) is 4. The predicted molar refractivity (Wildman–Crippen MR) is 96.7 cm³/mol. The Hall–Kier alpha value is -2.19.